The molecule has 2 aromatic rings. The first-order valence-corrected chi connectivity index (χ1v) is 6.58. The van der Waals surface area contributed by atoms with Crippen molar-refractivity contribution in [2.24, 2.45) is 0 Å². The molecule has 3 nitrogen and oxygen atoms in total. The lowest BCUT2D eigenvalue weighted by molar-refractivity contribution is 0.250. The van der Waals surface area contributed by atoms with Gasteiger partial charge in [0.25, 0.3) is 0 Å². The molecule has 2 heterocycles. The summed E-state index contributed by atoms with van der Waals surface area (Å²) in [6.45, 7) is 0.799. The van der Waals surface area contributed by atoms with Crippen LogP contribution in [0.25, 0.3) is 11.1 Å². The van der Waals surface area contributed by atoms with E-state index < -0.39 is 0 Å². The van der Waals surface area contributed by atoms with Crippen molar-refractivity contribution >= 4 is 17.4 Å². The van der Waals surface area contributed by atoms with E-state index in [0.717, 1.165) is 36.3 Å². The second kappa shape index (κ2) is 3.85. The van der Waals surface area contributed by atoms with Gasteiger partial charge in [-0.2, -0.15) is 5.32 Å². The van der Waals surface area contributed by atoms with E-state index in [2.05, 4.69) is 23.5 Å². The molecule has 4 rings (SSSR count). The summed E-state index contributed by atoms with van der Waals surface area (Å²) in [4.78, 5) is 13.7. The van der Waals surface area contributed by atoms with Crippen LogP contribution >= 0.6 is 0 Å². The fourth-order valence-electron chi connectivity index (χ4n) is 2.96. The van der Waals surface area contributed by atoms with Gasteiger partial charge in [0.1, 0.15) is 0 Å². The molecule has 2 amide bonds. The van der Waals surface area contributed by atoms with Gasteiger partial charge < -0.3 is 0 Å². The Labute approximate surface area is 111 Å². The van der Waals surface area contributed by atoms with Crippen molar-refractivity contribution in [2.75, 3.05) is 11.4 Å². The van der Waals surface area contributed by atoms with E-state index in [0.29, 0.717) is 0 Å². The van der Waals surface area contributed by atoms with Crippen molar-refractivity contribution in [3.63, 3.8) is 0 Å². The predicted molar refractivity (Wildman–Crippen MR) is 74.7 cm³/mol. The molecular weight excluding hydrogens is 236 g/mol. The molecule has 0 N–H and O–H groups in total. The number of carbonyl (C=O) groups is 1. The van der Waals surface area contributed by atoms with E-state index in [-0.39, 0.29) is 6.03 Å². The first kappa shape index (κ1) is 10.6. The standard InChI is InChI=1S/C16H13N2O/c19-16-17-14-10-13(11-5-2-1-3-6-11)9-12-7-4-8-18(16)15(12)14/h1-3,5-6,9-10H,4,7-8H2. The molecular formula is C16H13N2O. The van der Waals surface area contributed by atoms with E-state index in [1.807, 2.05) is 29.2 Å². The molecule has 0 unspecified atom stereocenters. The third-order valence-corrected chi connectivity index (χ3v) is 3.82. The summed E-state index contributed by atoms with van der Waals surface area (Å²) in [6.07, 6.45) is 2.05. The molecule has 0 spiro atoms. The van der Waals surface area contributed by atoms with Gasteiger partial charge in [0.05, 0.1) is 11.4 Å². The SMILES string of the molecule is O=C1[N]c2cc(-c3ccccc3)cc3c2N1CCC3. The Morgan fingerprint density at radius 2 is 1.89 bits per heavy atom. The highest BCUT2D eigenvalue weighted by atomic mass is 16.2. The number of nitrogens with zero attached hydrogens (tertiary/aromatic N) is 2. The number of aryl methyl sites for hydroxylation is 1. The zero-order valence-corrected chi connectivity index (χ0v) is 10.5. The van der Waals surface area contributed by atoms with E-state index in [1.54, 1.807) is 0 Å². The molecule has 0 saturated carbocycles. The van der Waals surface area contributed by atoms with Gasteiger partial charge >= 0.3 is 6.03 Å². The van der Waals surface area contributed by atoms with E-state index in [9.17, 15) is 4.79 Å². The smallest absolute Gasteiger partial charge is 0.290 e. The average molecular weight is 249 g/mol. The van der Waals surface area contributed by atoms with Crippen molar-refractivity contribution in [3.8, 4) is 11.1 Å². The minimum Gasteiger partial charge on any atom is -0.290 e. The van der Waals surface area contributed by atoms with Crippen LogP contribution < -0.4 is 10.2 Å². The molecule has 2 aliphatic heterocycles. The molecule has 0 saturated heterocycles. The lowest BCUT2D eigenvalue weighted by Gasteiger charge is -2.24. The van der Waals surface area contributed by atoms with Crippen LogP contribution in [0.5, 0.6) is 0 Å². The van der Waals surface area contributed by atoms with Crippen LogP contribution in [0.2, 0.25) is 0 Å². The summed E-state index contributed by atoms with van der Waals surface area (Å²) < 4.78 is 0. The second-order valence-corrected chi connectivity index (χ2v) is 5.02. The summed E-state index contributed by atoms with van der Waals surface area (Å²) in [5.41, 5.74) is 5.44. The molecule has 0 aliphatic carbocycles. The Morgan fingerprint density at radius 1 is 1.05 bits per heavy atom. The first-order valence-electron chi connectivity index (χ1n) is 6.58. The van der Waals surface area contributed by atoms with Gasteiger partial charge in [-0.1, -0.05) is 30.3 Å². The Bertz CT molecular complexity index is 664. The zero-order valence-electron chi connectivity index (χ0n) is 10.5. The lowest BCUT2D eigenvalue weighted by atomic mass is 9.96. The van der Waals surface area contributed by atoms with E-state index in [4.69, 9.17) is 0 Å². The number of amides is 2. The van der Waals surface area contributed by atoms with Gasteiger partial charge in [0.15, 0.2) is 0 Å². The van der Waals surface area contributed by atoms with Gasteiger partial charge in [-0.05, 0) is 41.7 Å². The Hall–Kier alpha value is -2.29. The maximum absolute atomic E-state index is 11.9. The van der Waals surface area contributed by atoms with Crippen LogP contribution in [0.3, 0.4) is 0 Å². The van der Waals surface area contributed by atoms with Crippen molar-refractivity contribution in [1.82, 2.24) is 5.32 Å². The van der Waals surface area contributed by atoms with Gasteiger partial charge in [-0.3, -0.25) is 4.90 Å². The maximum Gasteiger partial charge on any atom is 0.348 e. The fraction of sp³-hybridized carbons (Fsp3) is 0.188. The average Bonchev–Trinajstić information content (AvgIpc) is 2.78. The summed E-state index contributed by atoms with van der Waals surface area (Å²) in [6, 6.07) is 14.4. The largest absolute Gasteiger partial charge is 0.348 e. The molecule has 19 heavy (non-hydrogen) atoms. The molecule has 0 atom stereocenters. The molecule has 2 aromatic carbocycles. The van der Waals surface area contributed by atoms with E-state index in [1.165, 1.54) is 11.1 Å². The minimum atomic E-state index is -0.110. The van der Waals surface area contributed by atoms with Crippen LogP contribution in [-0.2, 0) is 6.42 Å². The van der Waals surface area contributed by atoms with Crippen LogP contribution in [0.4, 0.5) is 16.2 Å². The maximum atomic E-state index is 11.9. The Morgan fingerprint density at radius 3 is 2.74 bits per heavy atom. The third kappa shape index (κ3) is 1.55. The predicted octanol–water partition coefficient (Wildman–Crippen LogP) is 3.48. The minimum absolute atomic E-state index is 0.110. The molecule has 0 aromatic heterocycles. The Balaban J connectivity index is 1.90. The van der Waals surface area contributed by atoms with Gasteiger partial charge in [-0.25, -0.2) is 4.79 Å². The number of anilines is 1. The van der Waals surface area contributed by atoms with Gasteiger partial charge in [-0.15, -0.1) is 0 Å². The molecule has 2 aliphatic rings. The van der Waals surface area contributed by atoms with Crippen molar-refractivity contribution in [3.05, 3.63) is 48.0 Å². The number of urea groups is 1. The summed E-state index contributed by atoms with van der Waals surface area (Å²) >= 11 is 0. The number of carbonyl (C=O) groups excluding carboxylic acids is 1. The Kier molecular flexibility index (Phi) is 2.15. The normalized spacial score (nSPS) is 16.2. The summed E-state index contributed by atoms with van der Waals surface area (Å²) in [7, 11) is 0. The first-order chi connectivity index (χ1) is 9.33. The van der Waals surface area contributed by atoms with Crippen molar-refractivity contribution in [2.45, 2.75) is 12.8 Å². The van der Waals surface area contributed by atoms with Crippen molar-refractivity contribution in [1.29, 1.82) is 0 Å². The number of hydrogen-bond donors (Lipinski definition) is 0. The van der Waals surface area contributed by atoms with E-state index >= 15 is 0 Å². The van der Waals surface area contributed by atoms with Gasteiger partial charge in [0, 0.05) is 6.54 Å². The zero-order chi connectivity index (χ0) is 12.8. The van der Waals surface area contributed by atoms with Crippen LogP contribution in [0, 0.1) is 0 Å². The molecule has 93 valence electrons. The van der Waals surface area contributed by atoms with Crippen LogP contribution in [0.1, 0.15) is 12.0 Å². The molecule has 0 fully saturated rings. The second-order valence-electron chi connectivity index (χ2n) is 5.02. The number of benzene rings is 2. The van der Waals surface area contributed by atoms with Crippen LogP contribution in [-0.4, -0.2) is 12.6 Å². The fourth-order valence-corrected chi connectivity index (χ4v) is 2.96. The molecule has 0 bridgehead atoms. The topological polar surface area (TPSA) is 34.4 Å². The highest BCUT2D eigenvalue weighted by molar-refractivity contribution is 6.06. The quantitative estimate of drug-likeness (QED) is 0.762. The summed E-state index contributed by atoms with van der Waals surface area (Å²) in [5.74, 6) is 0. The van der Waals surface area contributed by atoms with Gasteiger partial charge in [0.2, 0.25) is 0 Å². The number of hydrogen-bond acceptors (Lipinski definition) is 1. The van der Waals surface area contributed by atoms with Crippen LogP contribution in [0.15, 0.2) is 42.5 Å². The molecule has 3 heteroatoms. The van der Waals surface area contributed by atoms with Crippen molar-refractivity contribution < 1.29 is 4.79 Å². The molecule has 1 radical (unpaired) electrons. The highest BCUT2D eigenvalue weighted by Crippen LogP contribution is 2.42. The highest BCUT2D eigenvalue weighted by Gasteiger charge is 2.33. The third-order valence-electron chi connectivity index (χ3n) is 3.82. The summed E-state index contributed by atoms with van der Waals surface area (Å²) in [5, 5.41) is 4.18. The monoisotopic (exact) mass is 249 g/mol. The lowest BCUT2D eigenvalue weighted by Crippen LogP contribution is -2.32. The number of rotatable bonds is 1.